The standard InChI is InChI=1S/C7H11N3/c1-6-5-10-7(4-8-6)2-3-9-10/h2-3,6,8H,4-5H2,1H3. The van der Waals surface area contributed by atoms with E-state index < -0.39 is 0 Å². The molecule has 2 heterocycles. The van der Waals surface area contributed by atoms with Crippen molar-refractivity contribution in [2.24, 2.45) is 0 Å². The van der Waals surface area contributed by atoms with Crippen LogP contribution in [0.15, 0.2) is 12.3 Å². The third-order valence-corrected chi connectivity index (χ3v) is 1.88. The lowest BCUT2D eigenvalue weighted by atomic mass is 10.2. The average molecular weight is 137 g/mol. The second-order valence-electron chi connectivity index (χ2n) is 2.79. The molecule has 1 aromatic heterocycles. The van der Waals surface area contributed by atoms with Crippen LogP contribution in [0.5, 0.6) is 0 Å². The van der Waals surface area contributed by atoms with Crippen LogP contribution < -0.4 is 5.32 Å². The van der Waals surface area contributed by atoms with E-state index in [0.29, 0.717) is 6.04 Å². The Balaban J connectivity index is 2.30. The molecule has 10 heavy (non-hydrogen) atoms. The molecule has 3 heteroatoms. The Kier molecular flexibility index (Phi) is 1.24. The topological polar surface area (TPSA) is 29.9 Å². The first-order chi connectivity index (χ1) is 4.86. The van der Waals surface area contributed by atoms with E-state index >= 15 is 0 Å². The molecule has 1 atom stereocenters. The third kappa shape index (κ3) is 0.827. The number of rotatable bonds is 0. The van der Waals surface area contributed by atoms with Gasteiger partial charge in [-0.1, -0.05) is 0 Å². The fraction of sp³-hybridized carbons (Fsp3) is 0.571. The van der Waals surface area contributed by atoms with Crippen LogP contribution in [0.2, 0.25) is 0 Å². The van der Waals surface area contributed by atoms with Gasteiger partial charge in [-0.05, 0) is 13.0 Å². The third-order valence-electron chi connectivity index (χ3n) is 1.88. The molecule has 0 saturated carbocycles. The Labute approximate surface area is 60.0 Å². The van der Waals surface area contributed by atoms with Crippen molar-refractivity contribution in [2.75, 3.05) is 0 Å². The van der Waals surface area contributed by atoms with Crippen LogP contribution in [0.25, 0.3) is 0 Å². The summed E-state index contributed by atoms with van der Waals surface area (Å²) in [5.74, 6) is 0. The maximum absolute atomic E-state index is 4.18. The zero-order valence-electron chi connectivity index (χ0n) is 6.04. The molecule has 0 bridgehead atoms. The zero-order chi connectivity index (χ0) is 6.97. The van der Waals surface area contributed by atoms with Gasteiger partial charge in [0.25, 0.3) is 0 Å². The molecule has 0 fully saturated rings. The lowest BCUT2D eigenvalue weighted by Gasteiger charge is -2.21. The lowest BCUT2D eigenvalue weighted by Crippen LogP contribution is -2.36. The van der Waals surface area contributed by atoms with Gasteiger partial charge >= 0.3 is 0 Å². The van der Waals surface area contributed by atoms with Crippen LogP contribution >= 0.6 is 0 Å². The van der Waals surface area contributed by atoms with Gasteiger partial charge in [0.1, 0.15) is 0 Å². The Morgan fingerprint density at radius 1 is 1.80 bits per heavy atom. The number of nitrogens with zero attached hydrogens (tertiary/aromatic N) is 2. The van der Waals surface area contributed by atoms with Crippen LogP contribution in [-0.2, 0) is 13.1 Å². The lowest BCUT2D eigenvalue weighted by molar-refractivity contribution is 0.389. The van der Waals surface area contributed by atoms with Gasteiger partial charge in [0.15, 0.2) is 0 Å². The van der Waals surface area contributed by atoms with Crippen molar-refractivity contribution in [2.45, 2.75) is 26.1 Å². The van der Waals surface area contributed by atoms with Crippen molar-refractivity contribution in [3.05, 3.63) is 18.0 Å². The number of aromatic nitrogens is 2. The summed E-state index contributed by atoms with van der Waals surface area (Å²) in [5, 5.41) is 7.55. The molecule has 0 radical (unpaired) electrons. The highest BCUT2D eigenvalue weighted by Crippen LogP contribution is 2.05. The van der Waals surface area contributed by atoms with Gasteiger partial charge in [-0.2, -0.15) is 5.10 Å². The molecule has 0 amide bonds. The predicted molar refractivity (Wildman–Crippen MR) is 38.5 cm³/mol. The highest BCUT2D eigenvalue weighted by Gasteiger charge is 2.12. The molecule has 1 unspecified atom stereocenters. The molecule has 3 nitrogen and oxygen atoms in total. The molecule has 0 aromatic carbocycles. The van der Waals surface area contributed by atoms with Gasteiger partial charge in [-0.3, -0.25) is 4.68 Å². The highest BCUT2D eigenvalue weighted by atomic mass is 15.3. The minimum absolute atomic E-state index is 0.562. The van der Waals surface area contributed by atoms with E-state index in [9.17, 15) is 0 Å². The van der Waals surface area contributed by atoms with Crippen molar-refractivity contribution in [3.63, 3.8) is 0 Å². The van der Waals surface area contributed by atoms with E-state index in [1.165, 1.54) is 5.69 Å². The van der Waals surface area contributed by atoms with Gasteiger partial charge in [-0.25, -0.2) is 0 Å². The molecule has 1 aliphatic heterocycles. The summed E-state index contributed by atoms with van der Waals surface area (Å²) in [6, 6.07) is 2.62. The van der Waals surface area contributed by atoms with Crippen LogP contribution in [0.3, 0.4) is 0 Å². The van der Waals surface area contributed by atoms with Gasteiger partial charge in [-0.15, -0.1) is 0 Å². The van der Waals surface area contributed by atoms with E-state index in [2.05, 4.69) is 28.1 Å². The minimum Gasteiger partial charge on any atom is -0.307 e. The molecule has 1 aliphatic rings. The molecule has 2 rings (SSSR count). The fourth-order valence-electron chi connectivity index (χ4n) is 1.28. The first-order valence-electron chi connectivity index (χ1n) is 3.60. The van der Waals surface area contributed by atoms with Crippen LogP contribution in [0.1, 0.15) is 12.6 Å². The van der Waals surface area contributed by atoms with Crippen molar-refractivity contribution in [3.8, 4) is 0 Å². The summed E-state index contributed by atoms with van der Waals surface area (Å²) in [6.07, 6.45) is 1.86. The Bertz CT molecular complexity index is 229. The van der Waals surface area contributed by atoms with E-state index in [0.717, 1.165) is 13.1 Å². The fourth-order valence-corrected chi connectivity index (χ4v) is 1.28. The SMILES string of the molecule is CC1Cn2nccc2CN1. The van der Waals surface area contributed by atoms with E-state index in [1.54, 1.807) is 0 Å². The summed E-state index contributed by atoms with van der Waals surface area (Å²) < 4.78 is 2.06. The summed E-state index contributed by atoms with van der Waals surface area (Å²) in [6.45, 7) is 4.13. The Morgan fingerprint density at radius 2 is 2.70 bits per heavy atom. The van der Waals surface area contributed by atoms with Gasteiger partial charge in [0.05, 0.1) is 12.2 Å². The maximum atomic E-state index is 4.18. The molecule has 54 valence electrons. The normalized spacial score (nSPS) is 24.3. The molecule has 0 aliphatic carbocycles. The predicted octanol–water partition coefficient (Wildman–Crippen LogP) is 0.375. The van der Waals surface area contributed by atoms with E-state index in [-0.39, 0.29) is 0 Å². The zero-order valence-corrected chi connectivity index (χ0v) is 6.04. The average Bonchev–Trinajstić information content (AvgIpc) is 2.33. The van der Waals surface area contributed by atoms with E-state index in [1.807, 2.05) is 6.20 Å². The Hall–Kier alpha value is -0.830. The van der Waals surface area contributed by atoms with Crippen molar-refractivity contribution >= 4 is 0 Å². The smallest absolute Gasteiger partial charge is 0.0563 e. The highest BCUT2D eigenvalue weighted by molar-refractivity contribution is 5.02. The summed E-state index contributed by atoms with van der Waals surface area (Å²) in [5.41, 5.74) is 1.29. The number of hydrogen-bond acceptors (Lipinski definition) is 2. The molecule has 0 saturated heterocycles. The van der Waals surface area contributed by atoms with Crippen LogP contribution in [0, 0.1) is 0 Å². The van der Waals surface area contributed by atoms with Crippen LogP contribution in [-0.4, -0.2) is 15.8 Å². The monoisotopic (exact) mass is 137 g/mol. The number of hydrogen-bond donors (Lipinski definition) is 1. The van der Waals surface area contributed by atoms with E-state index in [4.69, 9.17) is 0 Å². The summed E-state index contributed by atoms with van der Waals surface area (Å²) in [7, 11) is 0. The first kappa shape index (κ1) is 5.92. The van der Waals surface area contributed by atoms with Crippen molar-refractivity contribution in [1.82, 2.24) is 15.1 Å². The summed E-state index contributed by atoms with van der Waals surface area (Å²) >= 11 is 0. The molecule has 0 spiro atoms. The van der Waals surface area contributed by atoms with Gasteiger partial charge in [0, 0.05) is 18.8 Å². The van der Waals surface area contributed by atoms with Crippen LogP contribution in [0.4, 0.5) is 0 Å². The second-order valence-corrected chi connectivity index (χ2v) is 2.79. The quantitative estimate of drug-likeness (QED) is 0.560. The first-order valence-corrected chi connectivity index (χ1v) is 3.60. The largest absolute Gasteiger partial charge is 0.307 e. The minimum atomic E-state index is 0.562. The molecular weight excluding hydrogens is 126 g/mol. The molecule has 1 N–H and O–H groups in total. The molecular formula is C7H11N3. The summed E-state index contributed by atoms with van der Waals surface area (Å²) in [4.78, 5) is 0. The maximum Gasteiger partial charge on any atom is 0.0563 e. The van der Waals surface area contributed by atoms with Crippen molar-refractivity contribution < 1.29 is 0 Å². The van der Waals surface area contributed by atoms with Gasteiger partial charge < -0.3 is 5.32 Å². The number of nitrogens with one attached hydrogen (secondary N) is 1. The van der Waals surface area contributed by atoms with Gasteiger partial charge in [0.2, 0.25) is 0 Å². The second kappa shape index (κ2) is 2.09. The Morgan fingerprint density at radius 3 is 3.60 bits per heavy atom. The molecule has 1 aromatic rings. The van der Waals surface area contributed by atoms with Crippen molar-refractivity contribution in [1.29, 1.82) is 0 Å². The number of fused-ring (bicyclic) bond motifs is 1.